The second-order valence-electron chi connectivity index (χ2n) is 5.55. The fourth-order valence-electron chi connectivity index (χ4n) is 1.60. The van der Waals surface area contributed by atoms with Crippen LogP contribution in [0.25, 0.3) is 5.82 Å². The maximum Gasteiger partial charge on any atom is 0.241 e. The zero-order chi connectivity index (χ0) is 14.8. The van der Waals surface area contributed by atoms with E-state index in [-0.39, 0.29) is 11.3 Å². The normalized spacial score (nSPS) is 13.0. The molecule has 106 valence electrons. The third-order valence-electron chi connectivity index (χ3n) is 2.90. The highest BCUT2D eigenvalue weighted by Gasteiger charge is 2.28. The van der Waals surface area contributed by atoms with E-state index in [1.54, 1.807) is 18.3 Å². The molecular formula is C13H18N6O. The number of anilines is 1. The number of rotatable bonds is 3. The highest BCUT2D eigenvalue weighted by molar-refractivity contribution is 5.96. The standard InChI is InChI=1S/C13H18N6O/c1-13(2,3)10(14)12(20)18-9-5-4-6-16-11(9)19-8-15-7-17-19/h4-8,10H,14H2,1-3H3,(H,18,20)/t10-/m1/s1. The SMILES string of the molecule is CC(C)(C)[C@H](N)C(=O)Nc1cccnc1-n1cncn1. The Morgan fingerprint density at radius 3 is 2.80 bits per heavy atom. The van der Waals surface area contributed by atoms with E-state index in [1.807, 2.05) is 20.8 Å². The quantitative estimate of drug-likeness (QED) is 0.869. The maximum atomic E-state index is 12.2. The molecule has 7 nitrogen and oxygen atoms in total. The molecule has 20 heavy (non-hydrogen) atoms. The van der Waals surface area contributed by atoms with Crippen molar-refractivity contribution in [2.24, 2.45) is 11.1 Å². The number of pyridine rings is 1. The summed E-state index contributed by atoms with van der Waals surface area (Å²) in [5.41, 5.74) is 6.17. The van der Waals surface area contributed by atoms with Crippen molar-refractivity contribution in [1.29, 1.82) is 0 Å². The molecule has 0 unspecified atom stereocenters. The second-order valence-corrected chi connectivity index (χ2v) is 5.55. The van der Waals surface area contributed by atoms with Gasteiger partial charge in [0.2, 0.25) is 5.91 Å². The van der Waals surface area contributed by atoms with Crippen LogP contribution in [0.15, 0.2) is 31.0 Å². The summed E-state index contributed by atoms with van der Waals surface area (Å²) in [5.74, 6) is 0.242. The monoisotopic (exact) mass is 274 g/mol. The zero-order valence-corrected chi connectivity index (χ0v) is 11.7. The van der Waals surface area contributed by atoms with Crippen LogP contribution in [-0.4, -0.2) is 31.7 Å². The second kappa shape index (κ2) is 5.38. The molecule has 2 heterocycles. The number of hydrogen-bond donors (Lipinski definition) is 2. The van der Waals surface area contributed by atoms with Gasteiger partial charge >= 0.3 is 0 Å². The van der Waals surface area contributed by atoms with Gasteiger partial charge in [0.1, 0.15) is 12.7 Å². The predicted octanol–water partition coefficient (Wildman–Crippen LogP) is 0.974. The Morgan fingerprint density at radius 1 is 1.45 bits per heavy atom. The lowest BCUT2D eigenvalue weighted by Gasteiger charge is -2.26. The summed E-state index contributed by atoms with van der Waals surface area (Å²) >= 11 is 0. The number of aromatic nitrogens is 4. The van der Waals surface area contributed by atoms with Gasteiger partial charge in [-0.25, -0.2) is 14.6 Å². The fraction of sp³-hybridized carbons (Fsp3) is 0.385. The minimum absolute atomic E-state index is 0.258. The van der Waals surface area contributed by atoms with E-state index in [4.69, 9.17) is 5.73 Å². The molecule has 2 aromatic heterocycles. The first-order valence-electron chi connectivity index (χ1n) is 6.26. The van der Waals surface area contributed by atoms with Gasteiger partial charge in [-0.1, -0.05) is 20.8 Å². The van der Waals surface area contributed by atoms with Crippen LogP contribution in [0.5, 0.6) is 0 Å². The Kier molecular flexibility index (Phi) is 3.80. The Hall–Kier alpha value is -2.28. The molecule has 0 aliphatic rings. The topological polar surface area (TPSA) is 98.7 Å². The summed E-state index contributed by atoms with van der Waals surface area (Å²) in [6, 6.07) is 2.86. The molecule has 7 heteroatoms. The summed E-state index contributed by atoms with van der Waals surface area (Å²) in [4.78, 5) is 20.2. The van der Waals surface area contributed by atoms with Crippen LogP contribution in [0.1, 0.15) is 20.8 Å². The van der Waals surface area contributed by atoms with Crippen molar-refractivity contribution in [3.05, 3.63) is 31.0 Å². The Bertz CT molecular complexity index is 587. The van der Waals surface area contributed by atoms with E-state index in [1.165, 1.54) is 17.3 Å². The Labute approximate surface area is 117 Å². The van der Waals surface area contributed by atoms with Gasteiger partial charge in [-0.3, -0.25) is 4.79 Å². The molecule has 0 spiro atoms. The van der Waals surface area contributed by atoms with Gasteiger partial charge in [0, 0.05) is 6.20 Å². The molecule has 1 amide bonds. The molecule has 0 bridgehead atoms. The lowest BCUT2D eigenvalue weighted by atomic mass is 9.87. The van der Waals surface area contributed by atoms with Crippen molar-refractivity contribution in [2.75, 3.05) is 5.32 Å². The largest absolute Gasteiger partial charge is 0.322 e. The van der Waals surface area contributed by atoms with Crippen molar-refractivity contribution >= 4 is 11.6 Å². The molecule has 0 aromatic carbocycles. The Balaban J connectivity index is 2.25. The molecule has 0 saturated heterocycles. The highest BCUT2D eigenvalue weighted by atomic mass is 16.2. The molecule has 3 N–H and O–H groups in total. The van der Waals surface area contributed by atoms with Crippen LogP contribution in [0.4, 0.5) is 5.69 Å². The van der Waals surface area contributed by atoms with E-state index in [0.29, 0.717) is 11.5 Å². The summed E-state index contributed by atoms with van der Waals surface area (Å²) in [5, 5.41) is 6.80. The Morgan fingerprint density at radius 2 is 2.20 bits per heavy atom. The van der Waals surface area contributed by atoms with E-state index < -0.39 is 6.04 Å². The van der Waals surface area contributed by atoms with Gasteiger partial charge < -0.3 is 11.1 Å². The molecule has 2 aromatic rings. The number of hydrogen-bond acceptors (Lipinski definition) is 5. The first-order valence-corrected chi connectivity index (χ1v) is 6.26. The predicted molar refractivity (Wildman–Crippen MR) is 75.2 cm³/mol. The zero-order valence-electron chi connectivity index (χ0n) is 11.7. The minimum Gasteiger partial charge on any atom is -0.322 e. The molecular weight excluding hydrogens is 256 g/mol. The smallest absolute Gasteiger partial charge is 0.241 e. The maximum absolute atomic E-state index is 12.2. The number of carbonyl (C=O) groups excluding carboxylic acids is 1. The number of nitrogens with two attached hydrogens (primary N) is 1. The van der Waals surface area contributed by atoms with Gasteiger partial charge in [-0.15, -0.1) is 0 Å². The molecule has 0 aliphatic carbocycles. The van der Waals surface area contributed by atoms with Gasteiger partial charge in [0.25, 0.3) is 0 Å². The van der Waals surface area contributed by atoms with Crippen LogP contribution < -0.4 is 11.1 Å². The van der Waals surface area contributed by atoms with Crippen LogP contribution in [0, 0.1) is 5.41 Å². The van der Waals surface area contributed by atoms with Crippen LogP contribution in [-0.2, 0) is 4.79 Å². The third-order valence-corrected chi connectivity index (χ3v) is 2.90. The van der Waals surface area contributed by atoms with Crippen LogP contribution >= 0.6 is 0 Å². The lowest BCUT2D eigenvalue weighted by molar-refractivity contribution is -0.119. The van der Waals surface area contributed by atoms with Crippen molar-refractivity contribution in [3.63, 3.8) is 0 Å². The first kappa shape index (κ1) is 14.1. The molecule has 0 radical (unpaired) electrons. The van der Waals surface area contributed by atoms with Gasteiger partial charge in [0.15, 0.2) is 5.82 Å². The van der Waals surface area contributed by atoms with Gasteiger partial charge in [-0.2, -0.15) is 5.10 Å². The number of nitrogens with zero attached hydrogens (tertiary/aromatic N) is 4. The van der Waals surface area contributed by atoms with Crippen LogP contribution in [0.2, 0.25) is 0 Å². The van der Waals surface area contributed by atoms with E-state index in [0.717, 1.165) is 0 Å². The number of amides is 1. The summed E-state index contributed by atoms with van der Waals surface area (Å²) in [6.07, 6.45) is 4.54. The third kappa shape index (κ3) is 3.00. The summed E-state index contributed by atoms with van der Waals surface area (Å²) < 4.78 is 1.48. The van der Waals surface area contributed by atoms with Crippen molar-refractivity contribution in [1.82, 2.24) is 19.7 Å². The van der Waals surface area contributed by atoms with E-state index >= 15 is 0 Å². The van der Waals surface area contributed by atoms with E-state index in [9.17, 15) is 4.79 Å². The fourth-order valence-corrected chi connectivity index (χ4v) is 1.60. The summed E-state index contributed by atoms with van der Waals surface area (Å²) in [6.45, 7) is 5.75. The number of nitrogens with one attached hydrogen (secondary N) is 1. The minimum atomic E-state index is -0.619. The van der Waals surface area contributed by atoms with E-state index in [2.05, 4.69) is 20.4 Å². The molecule has 1 atom stereocenters. The highest BCUT2D eigenvalue weighted by Crippen LogP contribution is 2.21. The van der Waals surface area contributed by atoms with Crippen molar-refractivity contribution in [2.45, 2.75) is 26.8 Å². The van der Waals surface area contributed by atoms with Gasteiger partial charge in [-0.05, 0) is 17.5 Å². The lowest BCUT2D eigenvalue weighted by Crippen LogP contribution is -2.45. The average Bonchev–Trinajstić information content (AvgIpc) is 2.91. The molecule has 0 aliphatic heterocycles. The average molecular weight is 274 g/mol. The molecule has 0 fully saturated rings. The van der Waals surface area contributed by atoms with Crippen molar-refractivity contribution < 1.29 is 4.79 Å². The van der Waals surface area contributed by atoms with Gasteiger partial charge in [0.05, 0.1) is 11.7 Å². The molecule has 0 saturated carbocycles. The van der Waals surface area contributed by atoms with Crippen LogP contribution in [0.3, 0.4) is 0 Å². The summed E-state index contributed by atoms with van der Waals surface area (Å²) in [7, 11) is 0. The van der Waals surface area contributed by atoms with Crippen molar-refractivity contribution in [3.8, 4) is 5.82 Å². The first-order chi connectivity index (χ1) is 9.39. The molecule has 2 rings (SSSR count). The number of carbonyl (C=O) groups is 1.